The van der Waals surface area contributed by atoms with Crippen molar-refractivity contribution in [2.75, 3.05) is 19.8 Å². The second-order valence-corrected chi connectivity index (χ2v) is 12.3. The molecule has 2 rings (SSSR count). The molecule has 0 spiro atoms. The van der Waals surface area contributed by atoms with E-state index in [9.17, 15) is 14.5 Å². The van der Waals surface area contributed by atoms with Gasteiger partial charge in [0, 0.05) is 5.25 Å². The number of hydrogen-bond donors (Lipinski definition) is 1. The molecule has 0 amide bonds. The van der Waals surface area contributed by atoms with Gasteiger partial charge in [-0.25, -0.2) is 0 Å². The van der Waals surface area contributed by atoms with Gasteiger partial charge in [-0.15, -0.1) is 11.8 Å². The Labute approximate surface area is 203 Å². The first-order chi connectivity index (χ1) is 15.8. The molecule has 4 atom stereocenters. The van der Waals surface area contributed by atoms with Crippen LogP contribution in [-0.4, -0.2) is 47.9 Å². The van der Waals surface area contributed by atoms with Gasteiger partial charge in [0.1, 0.15) is 0 Å². The van der Waals surface area contributed by atoms with Gasteiger partial charge >= 0.3 is 13.6 Å². The lowest BCUT2D eigenvalue weighted by Gasteiger charge is -2.37. The Balaban J connectivity index is 2.50. The zero-order valence-electron chi connectivity index (χ0n) is 20.6. The lowest BCUT2D eigenvalue weighted by atomic mass is 9.94. The third-order valence-corrected chi connectivity index (χ3v) is 10.7. The summed E-state index contributed by atoms with van der Waals surface area (Å²) in [6.45, 7) is 9.70. The molecular weight excluding hydrogens is 459 g/mol. The SMILES string of the molecule is CCOC(=O)C(C(SC(c1ccccc1)C(O)C1CCCC1)C(C)C)P(=O)(OCC)OCC. The highest BCUT2D eigenvalue weighted by atomic mass is 32.2. The second-order valence-electron chi connectivity index (χ2n) is 8.78. The molecule has 8 heteroatoms. The zero-order valence-corrected chi connectivity index (χ0v) is 22.4. The molecule has 1 N–H and O–H groups in total. The summed E-state index contributed by atoms with van der Waals surface area (Å²) in [7, 11) is -3.81. The number of carbonyl (C=O) groups excluding carboxylic acids is 1. The molecule has 1 saturated carbocycles. The highest BCUT2D eigenvalue weighted by Gasteiger charge is 2.50. The standard InChI is InChI=1S/C25H41O6PS/c1-6-29-25(27)22(32(28,30-7-2)31-8-3)23(18(4)5)33-24(20-16-10-9-11-17-20)21(26)19-14-12-13-15-19/h9-11,16-19,21-24,26H,6-8,12-15H2,1-5H3. The van der Waals surface area contributed by atoms with Crippen LogP contribution >= 0.6 is 19.4 Å². The van der Waals surface area contributed by atoms with Crippen molar-refractivity contribution < 1.29 is 28.3 Å². The molecule has 0 saturated heterocycles. The minimum atomic E-state index is -3.81. The van der Waals surface area contributed by atoms with Gasteiger partial charge in [0.25, 0.3) is 0 Å². The van der Waals surface area contributed by atoms with Gasteiger partial charge in [-0.2, -0.15) is 0 Å². The van der Waals surface area contributed by atoms with E-state index in [1.54, 1.807) is 20.8 Å². The lowest BCUT2D eigenvalue weighted by molar-refractivity contribution is -0.143. The van der Waals surface area contributed by atoms with E-state index >= 15 is 0 Å². The average Bonchev–Trinajstić information content (AvgIpc) is 3.32. The topological polar surface area (TPSA) is 82.1 Å². The Bertz CT molecular complexity index is 743. The summed E-state index contributed by atoms with van der Waals surface area (Å²) in [5.41, 5.74) is -0.0813. The van der Waals surface area contributed by atoms with Crippen molar-refractivity contribution in [1.82, 2.24) is 0 Å². The Hall–Kier alpha value is -0.850. The van der Waals surface area contributed by atoms with Crippen molar-refractivity contribution in [1.29, 1.82) is 0 Å². The Morgan fingerprint density at radius 1 is 1.06 bits per heavy atom. The zero-order chi connectivity index (χ0) is 24.4. The number of hydrogen-bond acceptors (Lipinski definition) is 7. The highest BCUT2D eigenvalue weighted by molar-refractivity contribution is 8.00. The van der Waals surface area contributed by atoms with E-state index in [4.69, 9.17) is 13.8 Å². The van der Waals surface area contributed by atoms with Crippen LogP contribution < -0.4 is 0 Å². The molecule has 33 heavy (non-hydrogen) atoms. The molecule has 0 aromatic heterocycles. The summed E-state index contributed by atoms with van der Waals surface area (Å²) >= 11 is 1.50. The minimum Gasteiger partial charge on any atom is -0.465 e. The van der Waals surface area contributed by atoms with E-state index in [2.05, 4.69) is 0 Å². The predicted octanol–water partition coefficient (Wildman–Crippen LogP) is 6.23. The van der Waals surface area contributed by atoms with Gasteiger partial charge in [0.2, 0.25) is 0 Å². The van der Waals surface area contributed by atoms with Crippen molar-refractivity contribution in [3.05, 3.63) is 35.9 Å². The first-order valence-corrected chi connectivity index (χ1v) is 14.8. The third kappa shape index (κ3) is 7.57. The van der Waals surface area contributed by atoms with Gasteiger partial charge in [0.05, 0.1) is 31.2 Å². The van der Waals surface area contributed by atoms with Crippen LogP contribution in [0.1, 0.15) is 71.1 Å². The van der Waals surface area contributed by atoms with E-state index in [-0.39, 0.29) is 36.9 Å². The average molecular weight is 501 g/mol. The Morgan fingerprint density at radius 2 is 1.64 bits per heavy atom. The van der Waals surface area contributed by atoms with Crippen LogP contribution in [0.5, 0.6) is 0 Å². The molecule has 0 aliphatic heterocycles. The summed E-state index contributed by atoms with van der Waals surface area (Å²) in [5.74, 6) is -0.404. The van der Waals surface area contributed by atoms with E-state index in [0.717, 1.165) is 31.2 Å². The number of esters is 1. The maximum absolute atomic E-state index is 13.9. The molecular formula is C25H41O6PS. The quantitative estimate of drug-likeness (QED) is 0.239. The monoisotopic (exact) mass is 500 g/mol. The fraction of sp³-hybridized carbons (Fsp3) is 0.720. The number of thioether (sulfide) groups is 1. The predicted molar refractivity (Wildman–Crippen MR) is 135 cm³/mol. The van der Waals surface area contributed by atoms with Crippen LogP contribution in [0, 0.1) is 11.8 Å². The van der Waals surface area contributed by atoms with Crippen LogP contribution in [0.4, 0.5) is 0 Å². The molecule has 1 aliphatic carbocycles. The normalized spacial score (nSPS) is 18.8. The summed E-state index contributed by atoms with van der Waals surface area (Å²) in [5, 5.41) is 10.8. The fourth-order valence-corrected chi connectivity index (χ4v) is 8.96. The van der Waals surface area contributed by atoms with Gasteiger partial charge < -0.3 is 18.9 Å². The lowest BCUT2D eigenvalue weighted by Crippen LogP contribution is -2.39. The molecule has 6 nitrogen and oxygen atoms in total. The van der Waals surface area contributed by atoms with Crippen LogP contribution in [0.3, 0.4) is 0 Å². The molecule has 0 radical (unpaired) electrons. The summed E-state index contributed by atoms with van der Waals surface area (Å²) in [6.07, 6.45) is 3.67. The number of ether oxygens (including phenoxy) is 1. The van der Waals surface area contributed by atoms with Crippen molar-refractivity contribution in [3.63, 3.8) is 0 Å². The van der Waals surface area contributed by atoms with E-state index < -0.39 is 30.6 Å². The molecule has 0 bridgehead atoms. The Kier molecular flexibility index (Phi) is 11.9. The van der Waals surface area contributed by atoms with Gasteiger partial charge in [0.15, 0.2) is 5.66 Å². The smallest absolute Gasteiger partial charge is 0.346 e. The molecule has 1 aromatic rings. The second kappa shape index (κ2) is 13.9. The van der Waals surface area contributed by atoms with Gasteiger partial charge in [-0.05, 0) is 51.0 Å². The van der Waals surface area contributed by atoms with Crippen LogP contribution in [0.25, 0.3) is 0 Å². The van der Waals surface area contributed by atoms with Gasteiger partial charge in [-0.1, -0.05) is 57.0 Å². The van der Waals surface area contributed by atoms with Crippen molar-refractivity contribution in [2.24, 2.45) is 11.8 Å². The summed E-state index contributed by atoms with van der Waals surface area (Å²) in [4.78, 5) is 13.2. The molecule has 0 heterocycles. The molecule has 1 aromatic carbocycles. The summed E-state index contributed by atoms with van der Waals surface area (Å²) in [6, 6.07) is 9.90. The fourth-order valence-electron chi connectivity index (χ4n) is 4.54. The Morgan fingerprint density at radius 3 is 2.12 bits per heavy atom. The third-order valence-electron chi connectivity index (χ3n) is 6.08. The van der Waals surface area contributed by atoms with Crippen molar-refractivity contribution in [2.45, 2.75) is 82.6 Å². The van der Waals surface area contributed by atoms with Crippen LogP contribution in [0.2, 0.25) is 0 Å². The minimum absolute atomic E-state index is 0.0411. The number of aliphatic hydroxyl groups is 1. The highest BCUT2D eigenvalue weighted by Crippen LogP contribution is 2.59. The first-order valence-electron chi connectivity index (χ1n) is 12.2. The largest absolute Gasteiger partial charge is 0.465 e. The van der Waals surface area contributed by atoms with E-state index in [0.29, 0.717) is 0 Å². The van der Waals surface area contributed by atoms with Crippen molar-refractivity contribution in [3.8, 4) is 0 Å². The first kappa shape index (κ1) is 28.4. The van der Waals surface area contributed by atoms with E-state index in [1.165, 1.54) is 11.8 Å². The van der Waals surface area contributed by atoms with Gasteiger partial charge in [-0.3, -0.25) is 9.36 Å². The molecule has 4 unspecified atom stereocenters. The van der Waals surface area contributed by atoms with Crippen LogP contribution in [-0.2, 0) is 23.1 Å². The maximum Gasteiger partial charge on any atom is 0.346 e. The number of carbonyl (C=O) groups is 1. The number of aliphatic hydroxyl groups excluding tert-OH is 1. The van der Waals surface area contributed by atoms with Crippen molar-refractivity contribution >= 4 is 25.3 Å². The van der Waals surface area contributed by atoms with Crippen LogP contribution in [0.15, 0.2) is 30.3 Å². The maximum atomic E-state index is 13.9. The summed E-state index contributed by atoms with van der Waals surface area (Å²) < 4.78 is 30.5. The van der Waals surface area contributed by atoms with E-state index in [1.807, 2.05) is 44.2 Å². The number of benzene rings is 1. The molecule has 1 fully saturated rings. The molecule has 188 valence electrons. The number of rotatable bonds is 14. The molecule has 1 aliphatic rings.